The van der Waals surface area contributed by atoms with Crippen molar-refractivity contribution in [2.24, 2.45) is 5.92 Å². The average molecular weight is 398 g/mol. The molecule has 2 atom stereocenters. The smallest absolute Gasteiger partial charge is 0.326 e. The summed E-state index contributed by atoms with van der Waals surface area (Å²) in [6.07, 6.45) is 2.17. The number of hydrogen-bond acceptors (Lipinski definition) is 3. The van der Waals surface area contributed by atoms with Gasteiger partial charge in [0, 0.05) is 6.20 Å². The molecule has 2 unspecified atom stereocenters. The molecule has 24 heavy (non-hydrogen) atoms. The number of nitrogens with one attached hydrogen (secondary N) is 1. The lowest BCUT2D eigenvalue weighted by atomic mass is 9.99. The third-order valence-corrected chi connectivity index (χ3v) is 4.32. The third kappa shape index (κ3) is 4.00. The molecule has 0 saturated carbocycles. The van der Waals surface area contributed by atoms with Gasteiger partial charge in [-0.15, -0.1) is 0 Å². The van der Waals surface area contributed by atoms with Crippen LogP contribution in [-0.4, -0.2) is 32.8 Å². The van der Waals surface area contributed by atoms with E-state index in [9.17, 15) is 19.1 Å². The lowest BCUT2D eigenvalue weighted by molar-refractivity contribution is -0.140. The normalized spacial score (nSPS) is 13.3. The Hall–Kier alpha value is -2.22. The van der Waals surface area contributed by atoms with E-state index in [-0.39, 0.29) is 17.4 Å². The zero-order valence-corrected chi connectivity index (χ0v) is 14.7. The Labute approximate surface area is 146 Å². The summed E-state index contributed by atoms with van der Waals surface area (Å²) >= 11 is 3.24. The first kappa shape index (κ1) is 18.1. The van der Waals surface area contributed by atoms with Crippen molar-refractivity contribution in [3.63, 3.8) is 0 Å². The van der Waals surface area contributed by atoms with Gasteiger partial charge in [-0.1, -0.05) is 20.3 Å². The fourth-order valence-corrected chi connectivity index (χ4v) is 2.58. The Kier molecular flexibility index (Phi) is 5.71. The topological polar surface area (TPSA) is 84.2 Å². The average Bonchev–Trinajstić information content (AvgIpc) is 2.94. The molecule has 2 N–H and O–H groups in total. The van der Waals surface area contributed by atoms with Gasteiger partial charge in [-0.25, -0.2) is 13.9 Å². The highest BCUT2D eigenvalue weighted by Gasteiger charge is 2.27. The van der Waals surface area contributed by atoms with Gasteiger partial charge >= 0.3 is 5.97 Å². The Bertz CT molecular complexity index is 746. The number of halogens is 2. The van der Waals surface area contributed by atoms with Crippen LogP contribution in [0.1, 0.15) is 30.8 Å². The second-order valence-electron chi connectivity index (χ2n) is 5.42. The SMILES string of the molecule is CCC(C)C(NC(=O)c1nn(-c2ccc(F)cc2)cc1Br)C(=O)O. The van der Waals surface area contributed by atoms with Crippen LogP contribution in [0, 0.1) is 11.7 Å². The number of benzene rings is 1. The number of aromatic nitrogens is 2. The second kappa shape index (κ2) is 7.57. The van der Waals surface area contributed by atoms with Gasteiger partial charge < -0.3 is 10.4 Å². The van der Waals surface area contributed by atoms with Gasteiger partial charge in [0.1, 0.15) is 11.9 Å². The van der Waals surface area contributed by atoms with Gasteiger partial charge in [0.15, 0.2) is 5.69 Å². The molecule has 0 bridgehead atoms. The van der Waals surface area contributed by atoms with Crippen LogP contribution in [0.5, 0.6) is 0 Å². The monoisotopic (exact) mass is 397 g/mol. The van der Waals surface area contributed by atoms with Crippen LogP contribution in [0.15, 0.2) is 34.9 Å². The van der Waals surface area contributed by atoms with E-state index in [4.69, 9.17) is 0 Å². The molecule has 0 radical (unpaired) electrons. The van der Waals surface area contributed by atoms with Crippen LogP contribution in [0.3, 0.4) is 0 Å². The van der Waals surface area contributed by atoms with Crippen molar-refractivity contribution in [3.8, 4) is 5.69 Å². The van der Waals surface area contributed by atoms with E-state index in [0.29, 0.717) is 16.6 Å². The lowest BCUT2D eigenvalue weighted by Crippen LogP contribution is -2.45. The summed E-state index contributed by atoms with van der Waals surface area (Å²) in [4.78, 5) is 23.7. The molecule has 0 aliphatic rings. The fraction of sp³-hybridized carbons (Fsp3) is 0.312. The maximum atomic E-state index is 13.0. The molecule has 0 fully saturated rings. The zero-order chi connectivity index (χ0) is 17.9. The summed E-state index contributed by atoms with van der Waals surface area (Å²) in [7, 11) is 0. The summed E-state index contributed by atoms with van der Waals surface area (Å²) < 4.78 is 14.8. The third-order valence-electron chi connectivity index (χ3n) is 3.74. The first-order chi connectivity index (χ1) is 11.3. The van der Waals surface area contributed by atoms with E-state index in [0.717, 1.165) is 0 Å². The highest BCUT2D eigenvalue weighted by Crippen LogP contribution is 2.19. The maximum absolute atomic E-state index is 13.0. The molecule has 1 aromatic carbocycles. The molecule has 1 aromatic heterocycles. The van der Waals surface area contributed by atoms with E-state index in [1.54, 1.807) is 13.1 Å². The molecule has 128 valence electrons. The molecule has 1 heterocycles. The molecule has 0 aliphatic heterocycles. The molecular formula is C16H17BrFN3O3. The van der Waals surface area contributed by atoms with Crippen molar-refractivity contribution in [2.45, 2.75) is 26.3 Å². The van der Waals surface area contributed by atoms with E-state index >= 15 is 0 Å². The number of amides is 1. The minimum absolute atomic E-state index is 0.0638. The van der Waals surface area contributed by atoms with Crippen LogP contribution in [0.25, 0.3) is 5.69 Å². The van der Waals surface area contributed by atoms with Gasteiger partial charge in [-0.05, 0) is 46.1 Å². The fourth-order valence-electron chi connectivity index (χ4n) is 2.13. The largest absolute Gasteiger partial charge is 0.480 e. The van der Waals surface area contributed by atoms with E-state index < -0.39 is 17.9 Å². The summed E-state index contributed by atoms with van der Waals surface area (Å²) in [5.41, 5.74) is 0.640. The van der Waals surface area contributed by atoms with Crippen molar-refractivity contribution in [1.29, 1.82) is 0 Å². The molecule has 2 aromatic rings. The van der Waals surface area contributed by atoms with Gasteiger partial charge in [-0.3, -0.25) is 4.79 Å². The standard InChI is InChI=1S/C16H17BrFN3O3/c1-3-9(2)13(16(23)24)19-15(22)14-12(17)8-21(20-14)11-6-4-10(18)5-7-11/h4-9,13H,3H2,1-2H3,(H,19,22)(H,23,24). The predicted molar refractivity (Wildman–Crippen MR) is 89.6 cm³/mol. The number of carbonyl (C=O) groups is 2. The van der Waals surface area contributed by atoms with Crippen LogP contribution >= 0.6 is 15.9 Å². The second-order valence-corrected chi connectivity index (χ2v) is 6.28. The van der Waals surface area contributed by atoms with Crippen LogP contribution in [0.4, 0.5) is 4.39 Å². The van der Waals surface area contributed by atoms with Crippen molar-refractivity contribution in [2.75, 3.05) is 0 Å². The van der Waals surface area contributed by atoms with Gasteiger partial charge in [0.25, 0.3) is 5.91 Å². The number of carbonyl (C=O) groups excluding carboxylic acids is 1. The number of aliphatic carboxylic acids is 1. The molecule has 0 aliphatic carbocycles. The van der Waals surface area contributed by atoms with Crippen LogP contribution in [-0.2, 0) is 4.79 Å². The molecule has 0 saturated heterocycles. The first-order valence-electron chi connectivity index (χ1n) is 7.38. The molecule has 1 amide bonds. The minimum Gasteiger partial charge on any atom is -0.480 e. The molecule has 8 heteroatoms. The highest BCUT2D eigenvalue weighted by molar-refractivity contribution is 9.10. The highest BCUT2D eigenvalue weighted by atomic mass is 79.9. The maximum Gasteiger partial charge on any atom is 0.326 e. The van der Waals surface area contributed by atoms with E-state index in [1.807, 2.05) is 6.92 Å². The summed E-state index contributed by atoms with van der Waals surface area (Å²) in [5.74, 6) is -2.27. The number of nitrogens with zero attached hydrogens (tertiary/aromatic N) is 2. The van der Waals surface area contributed by atoms with Gasteiger partial charge in [-0.2, -0.15) is 5.10 Å². The number of rotatable bonds is 6. The van der Waals surface area contributed by atoms with E-state index in [2.05, 4.69) is 26.3 Å². The summed E-state index contributed by atoms with van der Waals surface area (Å²) in [6.45, 7) is 3.61. The number of carboxylic acids is 1. The minimum atomic E-state index is -1.09. The molecule has 2 rings (SSSR count). The van der Waals surface area contributed by atoms with E-state index in [1.165, 1.54) is 28.9 Å². The van der Waals surface area contributed by atoms with Crippen LogP contribution in [0.2, 0.25) is 0 Å². The van der Waals surface area contributed by atoms with Gasteiger partial charge in [0.2, 0.25) is 0 Å². The summed E-state index contributed by atoms with van der Waals surface area (Å²) in [6, 6.07) is 4.62. The quantitative estimate of drug-likeness (QED) is 0.784. The molecule has 6 nitrogen and oxygen atoms in total. The molecule has 0 spiro atoms. The Morgan fingerprint density at radius 2 is 2.00 bits per heavy atom. The van der Waals surface area contributed by atoms with Crippen LogP contribution < -0.4 is 5.32 Å². The molecular weight excluding hydrogens is 381 g/mol. The van der Waals surface area contributed by atoms with Crippen molar-refractivity contribution < 1.29 is 19.1 Å². The Balaban J connectivity index is 2.24. The number of carboxylic acid groups (broad SMARTS) is 1. The van der Waals surface area contributed by atoms with Crippen molar-refractivity contribution in [1.82, 2.24) is 15.1 Å². The Morgan fingerprint density at radius 3 is 2.54 bits per heavy atom. The summed E-state index contributed by atoms with van der Waals surface area (Å²) in [5, 5.41) is 15.9. The number of hydrogen-bond donors (Lipinski definition) is 2. The first-order valence-corrected chi connectivity index (χ1v) is 8.17. The van der Waals surface area contributed by atoms with Crippen molar-refractivity contribution >= 4 is 27.8 Å². The Morgan fingerprint density at radius 1 is 1.38 bits per heavy atom. The predicted octanol–water partition coefficient (Wildman–Crippen LogP) is 3.00. The van der Waals surface area contributed by atoms with Gasteiger partial charge in [0.05, 0.1) is 10.2 Å². The van der Waals surface area contributed by atoms with Crippen molar-refractivity contribution in [3.05, 3.63) is 46.4 Å². The zero-order valence-electron chi connectivity index (χ0n) is 13.2. The lowest BCUT2D eigenvalue weighted by Gasteiger charge is -2.19.